The lowest BCUT2D eigenvalue weighted by Crippen LogP contribution is -2.19. The molecule has 20 heavy (non-hydrogen) atoms. The number of nitrogens with two attached hydrogens (primary N) is 1. The second-order valence-electron chi connectivity index (χ2n) is 5.59. The van der Waals surface area contributed by atoms with E-state index in [-0.39, 0.29) is 5.91 Å². The molecule has 0 aromatic heterocycles. The van der Waals surface area contributed by atoms with Crippen molar-refractivity contribution in [2.45, 2.75) is 25.7 Å². The molecule has 5 heteroatoms. The summed E-state index contributed by atoms with van der Waals surface area (Å²) >= 11 is 0. The van der Waals surface area contributed by atoms with Gasteiger partial charge in [-0.1, -0.05) is 0 Å². The first kappa shape index (κ1) is 13.2. The second kappa shape index (κ2) is 5.71. The fourth-order valence-corrected chi connectivity index (χ4v) is 2.82. The van der Waals surface area contributed by atoms with Crippen LogP contribution in [0.5, 0.6) is 0 Å². The van der Waals surface area contributed by atoms with E-state index in [1.54, 1.807) is 0 Å². The molecule has 0 spiro atoms. The molecule has 0 aliphatic carbocycles. The van der Waals surface area contributed by atoms with Crippen LogP contribution in [0.3, 0.4) is 0 Å². The molecule has 0 radical (unpaired) electrons. The maximum Gasteiger partial charge on any atom is 0.224 e. The van der Waals surface area contributed by atoms with E-state index in [0.29, 0.717) is 12.3 Å². The lowest BCUT2D eigenvalue weighted by Gasteiger charge is -2.20. The minimum absolute atomic E-state index is 0.0799. The molecule has 1 atom stereocenters. The van der Waals surface area contributed by atoms with Gasteiger partial charge in [-0.2, -0.15) is 0 Å². The molecule has 5 nitrogen and oxygen atoms in total. The quantitative estimate of drug-likeness (QED) is 0.734. The molecule has 1 aromatic rings. The van der Waals surface area contributed by atoms with E-state index in [4.69, 9.17) is 10.5 Å². The second-order valence-corrected chi connectivity index (χ2v) is 5.59. The van der Waals surface area contributed by atoms with Crippen molar-refractivity contribution in [3.05, 3.63) is 17.7 Å². The number of amides is 1. The van der Waals surface area contributed by atoms with Crippen molar-refractivity contribution < 1.29 is 9.53 Å². The zero-order chi connectivity index (χ0) is 13.9. The van der Waals surface area contributed by atoms with Crippen molar-refractivity contribution in [3.63, 3.8) is 0 Å². The van der Waals surface area contributed by atoms with Crippen LogP contribution in [0.2, 0.25) is 0 Å². The minimum atomic E-state index is 0.0799. The molecule has 108 valence electrons. The number of rotatable bonds is 4. The molecular weight excluding hydrogens is 254 g/mol. The number of benzene rings is 1. The van der Waals surface area contributed by atoms with Gasteiger partial charge in [0, 0.05) is 31.9 Å². The lowest BCUT2D eigenvalue weighted by atomic mass is 10.0. The van der Waals surface area contributed by atoms with E-state index in [9.17, 15) is 4.79 Å². The number of hydrogen-bond acceptors (Lipinski definition) is 4. The Morgan fingerprint density at radius 2 is 2.30 bits per heavy atom. The molecule has 2 aliphatic heterocycles. The van der Waals surface area contributed by atoms with Crippen molar-refractivity contribution in [1.29, 1.82) is 0 Å². The Bertz CT molecular complexity index is 510. The van der Waals surface area contributed by atoms with Gasteiger partial charge in [0.2, 0.25) is 5.91 Å². The number of nitrogens with one attached hydrogen (secondary N) is 2. The summed E-state index contributed by atoms with van der Waals surface area (Å²) in [6.07, 6.45) is 3.55. The Labute approximate surface area is 118 Å². The summed E-state index contributed by atoms with van der Waals surface area (Å²) in [5.74, 6) is 0.734. The normalized spacial score (nSPS) is 21.4. The molecular formula is C15H21N3O2. The highest BCUT2D eigenvalue weighted by atomic mass is 16.5. The molecule has 0 saturated carbocycles. The lowest BCUT2D eigenvalue weighted by molar-refractivity contribution is -0.116. The molecule has 2 aliphatic rings. The molecule has 1 saturated heterocycles. The highest BCUT2D eigenvalue weighted by Gasteiger charge is 2.17. The Morgan fingerprint density at radius 3 is 3.10 bits per heavy atom. The number of carbonyl (C=O) groups is 1. The van der Waals surface area contributed by atoms with Crippen molar-refractivity contribution >= 4 is 23.0 Å². The summed E-state index contributed by atoms with van der Waals surface area (Å²) < 4.78 is 5.37. The van der Waals surface area contributed by atoms with Crippen LogP contribution < -0.4 is 16.4 Å². The fourth-order valence-electron chi connectivity index (χ4n) is 2.82. The Morgan fingerprint density at radius 1 is 1.40 bits per heavy atom. The third kappa shape index (κ3) is 2.88. The number of carbonyl (C=O) groups excluding carboxylic acids is 1. The van der Waals surface area contributed by atoms with Crippen molar-refractivity contribution in [1.82, 2.24) is 0 Å². The first-order valence-corrected chi connectivity index (χ1v) is 7.26. The van der Waals surface area contributed by atoms with E-state index in [1.807, 2.05) is 12.1 Å². The number of anilines is 3. The molecule has 2 heterocycles. The van der Waals surface area contributed by atoms with Crippen LogP contribution in [-0.2, 0) is 16.0 Å². The van der Waals surface area contributed by atoms with Gasteiger partial charge in [-0.05, 0) is 42.9 Å². The van der Waals surface area contributed by atoms with E-state index in [0.717, 1.165) is 61.6 Å². The number of ether oxygens (including phenoxy) is 1. The largest absolute Gasteiger partial charge is 0.397 e. The summed E-state index contributed by atoms with van der Waals surface area (Å²) in [7, 11) is 0. The van der Waals surface area contributed by atoms with Gasteiger partial charge in [0.05, 0.1) is 11.4 Å². The monoisotopic (exact) mass is 275 g/mol. The topological polar surface area (TPSA) is 76.4 Å². The zero-order valence-corrected chi connectivity index (χ0v) is 11.6. The summed E-state index contributed by atoms with van der Waals surface area (Å²) in [4.78, 5) is 11.4. The number of nitrogen functional groups attached to an aromatic ring is 1. The van der Waals surface area contributed by atoms with Crippen molar-refractivity contribution in [2.24, 2.45) is 5.92 Å². The number of fused-ring (bicyclic) bond motifs is 1. The predicted octanol–water partition coefficient (Wildman–Crippen LogP) is 1.99. The third-order valence-corrected chi connectivity index (χ3v) is 4.06. The first-order valence-electron chi connectivity index (χ1n) is 7.26. The smallest absolute Gasteiger partial charge is 0.224 e. The van der Waals surface area contributed by atoms with Gasteiger partial charge >= 0.3 is 0 Å². The fraction of sp³-hybridized carbons (Fsp3) is 0.533. The van der Waals surface area contributed by atoms with Crippen LogP contribution >= 0.6 is 0 Å². The van der Waals surface area contributed by atoms with Gasteiger partial charge in [-0.15, -0.1) is 0 Å². The van der Waals surface area contributed by atoms with Gasteiger partial charge in [-0.3, -0.25) is 4.79 Å². The number of aryl methyl sites for hydroxylation is 1. The van der Waals surface area contributed by atoms with Crippen LogP contribution in [-0.4, -0.2) is 25.7 Å². The van der Waals surface area contributed by atoms with E-state index in [1.165, 1.54) is 0 Å². The van der Waals surface area contributed by atoms with Gasteiger partial charge in [0.25, 0.3) is 0 Å². The van der Waals surface area contributed by atoms with Crippen LogP contribution in [0.4, 0.5) is 17.1 Å². The van der Waals surface area contributed by atoms with Gasteiger partial charge < -0.3 is 21.1 Å². The molecule has 3 rings (SSSR count). The summed E-state index contributed by atoms with van der Waals surface area (Å²) in [5.41, 5.74) is 9.75. The molecule has 1 unspecified atom stereocenters. The standard InChI is InChI=1S/C15H21N3O2/c16-12-7-11-1-2-15(19)18-13(11)8-14(12)17-5-3-10-4-6-20-9-10/h7-8,10,17H,1-6,9,16H2,(H,18,19). The van der Waals surface area contributed by atoms with Gasteiger partial charge in [0.1, 0.15) is 0 Å². The maximum atomic E-state index is 11.4. The summed E-state index contributed by atoms with van der Waals surface area (Å²) in [6.45, 7) is 2.64. The average Bonchev–Trinajstić information content (AvgIpc) is 2.93. The Balaban J connectivity index is 1.63. The zero-order valence-electron chi connectivity index (χ0n) is 11.6. The molecule has 0 bridgehead atoms. The van der Waals surface area contributed by atoms with Crippen LogP contribution in [0, 0.1) is 5.92 Å². The molecule has 4 N–H and O–H groups in total. The van der Waals surface area contributed by atoms with Crippen molar-refractivity contribution in [2.75, 3.05) is 36.1 Å². The first-order chi connectivity index (χ1) is 9.72. The predicted molar refractivity (Wildman–Crippen MR) is 79.8 cm³/mol. The summed E-state index contributed by atoms with van der Waals surface area (Å²) in [5, 5.41) is 6.28. The van der Waals surface area contributed by atoms with Crippen LogP contribution in [0.1, 0.15) is 24.8 Å². The van der Waals surface area contributed by atoms with E-state index < -0.39 is 0 Å². The number of hydrogen-bond donors (Lipinski definition) is 3. The molecule has 1 fully saturated rings. The van der Waals surface area contributed by atoms with Crippen LogP contribution in [0.25, 0.3) is 0 Å². The summed E-state index contributed by atoms with van der Waals surface area (Å²) in [6, 6.07) is 3.92. The van der Waals surface area contributed by atoms with Gasteiger partial charge in [-0.25, -0.2) is 0 Å². The average molecular weight is 275 g/mol. The maximum absolute atomic E-state index is 11.4. The Hall–Kier alpha value is -1.75. The van der Waals surface area contributed by atoms with Crippen molar-refractivity contribution in [3.8, 4) is 0 Å². The Kier molecular flexibility index (Phi) is 3.78. The third-order valence-electron chi connectivity index (χ3n) is 4.06. The SMILES string of the molecule is Nc1cc2c(cc1NCCC1CCOC1)NC(=O)CC2. The van der Waals surface area contributed by atoms with Gasteiger partial charge in [0.15, 0.2) is 0 Å². The van der Waals surface area contributed by atoms with Crippen LogP contribution in [0.15, 0.2) is 12.1 Å². The highest BCUT2D eigenvalue weighted by molar-refractivity contribution is 5.95. The molecule has 1 aromatic carbocycles. The highest BCUT2D eigenvalue weighted by Crippen LogP contribution is 2.31. The van der Waals surface area contributed by atoms with E-state index >= 15 is 0 Å². The minimum Gasteiger partial charge on any atom is -0.397 e. The van der Waals surface area contributed by atoms with E-state index in [2.05, 4.69) is 10.6 Å². The molecule has 1 amide bonds.